The van der Waals surface area contributed by atoms with E-state index in [9.17, 15) is 14.4 Å². The maximum Gasteiger partial charge on any atom is 0.342 e. The van der Waals surface area contributed by atoms with E-state index in [0.29, 0.717) is 11.5 Å². The molecule has 0 saturated heterocycles. The number of ether oxygens (including phenoxy) is 4. The third kappa shape index (κ3) is 4.51. The van der Waals surface area contributed by atoms with Crippen LogP contribution >= 0.6 is 0 Å². The summed E-state index contributed by atoms with van der Waals surface area (Å²) in [6.07, 6.45) is -1.19. The van der Waals surface area contributed by atoms with Gasteiger partial charge in [0.05, 0.1) is 21.3 Å². The van der Waals surface area contributed by atoms with Gasteiger partial charge in [-0.25, -0.2) is 9.59 Å². The van der Waals surface area contributed by atoms with Crippen LogP contribution < -0.4 is 24.8 Å². The number of hydrogen-bond donors (Lipinski definition) is 2. The van der Waals surface area contributed by atoms with Gasteiger partial charge in [-0.15, -0.1) is 0 Å². The van der Waals surface area contributed by atoms with Crippen LogP contribution in [0.5, 0.6) is 17.2 Å². The van der Waals surface area contributed by atoms with Gasteiger partial charge in [0.1, 0.15) is 11.3 Å². The number of amides is 3. The van der Waals surface area contributed by atoms with Crippen molar-refractivity contribution in [2.75, 3.05) is 28.4 Å². The molecule has 0 saturated carbocycles. The quantitative estimate of drug-likeness (QED) is 0.734. The fraction of sp³-hybridized carbons (Fsp3) is 0.400. The van der Waals surface area contributed by atoms with E-state index in [4.69, 9.17) is 18.9 Å². The van der Waals surface area contributed by atoms with Crippen molar-refractivity contribution in [1.29, 1.82) is 0 Å². The lowest BCUT2D eigenvalue weighted by atomic mass is 10.1. The van der Waals surface area contributed by atoms with Crippen molar-refractivity contribution in [1.82, 2.24) is 10.6 Å². The van der Waals surface area contributed by atoms with Crippen LogP contribution in [0.4, 0.5) is 4.79 Å². The highest BCUT2D eigenvalue weighted by Crippen LogP contribution is 2.35. The number of imide groups is 1. The standard InChI is InChI=1S/C15H20N2O7/c1-8(13(18)17-15(20)16-2)24-14(19)9-6-11(22-4)12(23-5)7-10(9)21-3/h6-8H,1-5H3,(H2,16,17,18,20). The molecule has 1 aromatic carbocycles. The number of benzene rings is 1. The largest absolute Gasteiger partial charge is 0.496 e. The van der Waals surface area contributed by atoms with Crippen LogP contribution in [0.2, 0.25) is 0 Å². The molecule has 1 unspecified atom stereocenters. The Bertz CT molecular complexity index is 630. The lowest BCUT2D eigenvalue weighted by molar-refractivity contribution is -0.127. The van der Waals surface area contributed by atoms with E-state index in [1.807, 2.05) is 5.32 Å². The van der Waals surface area contributed by atoms with E-state index in [-0.39, 0.29) is 11.3 Å². The van der Waals surface area contributed by atoms with Crippen LogP contribution in [0, 0.1) is 0 Å². The number of nitrogens with one attached hydrogen (secondary N) is 2. The topological polar surface area (TPSA) is 112 Å². The Morgan fingerprint density at radius 1 is 0.958 bits per heavy atom. The molecule has 0 radical (unpaired) electrons. The molecule has 1 aromatic rings. The van der Waals surface area contributed by atoms with E-state index in [1.165, 1.54) is 47.4 Å². The van der Waals surface area contributed by atoms with Crippen molar-refractivity contribution >= 4 is 17.9 Å². The van der Waals surface area contributed by atoms with Crippen LogP contribution in [-0.2, 0) is 9.53 Å². The zero-order valence-corrected chi connectivity index (χ0v) is 14.1. The van der Waals surface area contributed by atoms with Gasteiger partial charge in [0.15, 0.2) is 17.6 Å². The Morgan fingerprint density at radius 3 is 2.00 bits per heavy atom. The molecule has 132 valence electrons. The zero-order valence-electron chi connectivity index (χ0n) is 14.1. The molecular weight excluding hydrogens is 320 g/mol. The molecule has 2 N–H and O–H groups in total. The van der Waals surface area contributed by atoms with Gasteiger partial charge < -0.3 is 24.3 Å². The van der Waals surface area contributed by atoms with Gasteiger partial charge >= 0.3 is 12.0 Å². The minimum Gasteiger partial charge on any atom is -0.496 e. The summed E-state index contributed by atoms with van der Waals surface area (Å²) in [5.41, 5.74) is 0.0507. The average Bonchev–Trinajstić information content (AvgIpc) is 2.59. The summed E-state index contributed by atoms with van der Waals surface area (Å²) in [6.45, 7) is 1.34. The van der Waals surface area contributed by atoms with Crippen molar-refractivity contribution < 1.29 is 33.3 Å². The number of urea groups is 1. The van der Waals surface area contributed by atoms with Crippen molar-refractivity contribution in [3.63, 3.8) is 0 Å². The van der Waals surface area contributed by atoms with Crippen LogP contribution in [-0.4, -0.2) is 52.4 Å². The average molecular weight is 340 g/mol. The monoisotopic (exact) mass is 340 g/mol. The van der Waals surface area contributed by atoms with Gasteiger partial charge in [0.2, 0.25) is 0 Å². The van der Waals surface area contributed by atoms with Gasteiger partial charge in [-0.2, -0.15) is 0 Å². The van der Waals surface area contributed by atoms with Crippen LogP contribution in [0.25, 0.3) is 0 Å². The van der Waals surface area contributed by atoms with Crippen molar-refractivity contribution in [2.45, 2.75) is 13.0 Å². The van der Waals surface area contributed by atoms with Crippen LogP contribution in [0.15, 0.2) is 12.1 Å². The lowest BCUT2D eigenvalue weighted by Gasteiger charge is -2.16. The molecule has 0 aliphatic rings. The number of rotatable bonds is 6. The van der Waals surface area contributed by atoms with Gasteiger partial charge in [-0.05, 0) is 6.92 Å². The molecule has 0 aliphatic carbocycles. The fourth-order valence-corrected chi connectivity index (χ4v) is 1.74. The molecule has 1 rings (SSSR count). The molecule has 0 heterocycles. The Labute approximate surface area is 139 Å². The van der Waals surface area contributed by atoms with Gasteiger partial charge in [-0.1, -0.05) is 0 Å². The fourth-order valence-electron chi connectivity index (χ4n) is 1.74. The summed E-state index contributed by atoms with van der Waals surface area (Å²) in [6, 6.07) is 2.14. The highest BCUT2D eigenvalue weighted by molar-refractivity contribution is 5.99. The summed E-state index contributed by atoms with van der Waals surface area (Å²) in [4.78, 5) is 35.1. The second kappa shape index (κ2) is 8.61. The van der Waals surface area contributed by atoms with Crippen LogP contribution in [0.1, 0.15) is 17.3 Å². The van der Waals surface area contributed by atoms with E-state index >= 15 is 0 Å². The number of hydrogen-bond acceptors (Lipinski definition) is 7. The van der Waals surface area contributed by atoms with Gasteiger partial charge in [0.25, 0.3) is 5.91 Å². The zero-order chi connectivity index (χ0) is 18.3. The first-order chi connectivity index (χ1) is 11.4. The minimum absolute atomic E-state index is 0.0507. The summed E-state index contributed by atoms with van der Waals surface area (Å²) in [7, 11) is 5.59. The highest BCUT2D eigenvalue weighted by atomic mass is 16.6. The summed E-state index contributed by atoms with van der Waals surface area (Å²) >= 11 is 0. The number of methoxy groups -OCH3 is 3. The number of carbonyl (C=O) groups excluding carboxylic acids is 3. The van der Waals surface area contributed by atoms with Crippen molar-refractivity contribution in [3.05, 3.63) is 17.7 Å². The molecule has 24 heavy (non-hydrogen) atoms. The second-order valence-corrected chi connectivity index (χ2v) is 4.52. The Morgan fingerprint density at radius 2 is 1.50 bits per heavy atom. The molecule has 1 atom stereocenters. The smallest absolute Gasteiger partial charge is 0.342 e. The SMILES string of the molecule is CNC(=O)NC(=O)C(C)OC(=O)c1cc(OC)c(OC)cc1OC. The molecule has 3 amide bonds. The van der Waals surface area contributed by atoms with E-state index in [0.717, 1.165) is 0 Å². The number of esters is 1. The van der Waals surface area contributed by atoms with Crippen molar-refractivity contribution in [3.8, 4) is 17.2 Å². The molecular formula is C15H20N2O7. The van der Waals surface area contributed by atoms with Crippen LogP contribution in [0.3, 0.4) is 0 Å². The van der Waals surface area contributed by atoms with E-state index < -0.39 is 24.0 Å². The highest BCUT2D eigenvalue weighted by Gasteiger charge is 2.24. The third-order valence-electron chi connectivity index (χ3n) is 3.04. The van der Waals surface area contributed by atoms with E-state index in [1.54, 1.807) is 0 Å². The van der Waals surface area contributed by atoms with Gasteiger partial charge in [-0.3, -0.25) is 10.1 Å². The first-order valence-corrected chi connectivity index (χ1v) is 6.91. The molecule has 9 heteroatoms. The predicted molar refractivity (Wildman–Crippen MR) is 83.6 cm³/mol. The van der Waals surface area contributed by atoms with E-state index in [2.05, 4.69) is 5.32 Å². The molecule has 0 bridgehead atoms. The molecule has 0 fully saturated rings. The minimum atomic E-state index is -1.19. The maximum atomic E-state index is 12.3. The summed E-state index contributed by atoms with van der Waals surface area (Å²) in [5.74, 6) is -0.713. The van der Waals surface area contributed by atoms with Crippen molar-refractivity contribution in [2.24, 2.45) is 0 Å². The Hall–Kier alpha value is -2.97. The maximum absolute atomic E-state index is 12.3. The molecule has 9 nitrogen and oxygen atoms in total. The first kappa shape index (κ1) is 19.1. The first-order valence-electron chi connectivity index (χ1n) is 6.91. The normalized spacial score (nSPS) is 11.0. The molecule has 0 aliphatic heterocycles. The number of carbonyl (C=O) groups is 3. The Balaban J connectivity index is 2.98. The third-order valence-corrected chi connectivity index (χ3v) is 3.04. The summed E-state index contributed by atoms with van der Waals surface area (Å²) < 4.78 is 20.4. The molecule has 0 spiro atoms. The summed E-state index contributed by atoms with van der Waals surface area (Å²) in [5, 5.41) is 4.23. The lowest BCUT2D eigenvalue weighted by Crippen LogP contribution is -2.43. The molecule has 0 aromatic heterocycles. The Kier molecular flexibility index (Phi) is 6.84. The second-order valence-electron chi connectivity index (χ2n) is 4.52. The van der Waals surface area contributed by atoms with Gasteiger partial charge in [0, 0.05) is 19.2 Å². The predicted octanol–water partition coefficient (Wildman–Crippen LogP) is 0.713.